The van der Waals surface area contributed by atoms with Gasteiger partial charge in [0.2, 0.25) is 0 Å². The Morgan fingerprint density at radius 2 is 1.85 bits per heavy atom. The van der Waals surface area contributed by atoms with Crippen LogP contribution in [0.15, 0.2) is 42.5 Å². The van der Waals surface area contributed by atoms with Gasteiger partial charge in [0.15, 0.2) is 0 Å². The van der Waals surface area contributed by atoms with Crippen LogP contribution in [0.4, 0.5) is 13.2 Å². The zero-order chi connectivity index (χ0) is 14.8. The summed E-state index contributed by atoms with van der Waals surface area (Å²) in [5.74, 6) is -0.373. The number of benzene rings is 2. The molecule has 0 unspecified atom stereocenters. The second-order valence-corrected chi connectivity index (χ2v) is 4.24. The molecule has 20 heavy (non-hydrogen) atoms. The van der Waals surface area contributed by atoms with Gasteiger partial charge in [-0.05, 0) is 30.7 Å². The van der Waals surface area contributed by atoms with Crippen LogP contribution in [0.2, 0.25) is 0 Å². The van der Waals surface area contributed by atoms with Gasteiger partial charge in [-0.3, -0.25) is 0 Å². The molecule has 0 aliphatic heterocycles. The zero-order valence-corrected chi connectivity index (χ0v) is 10.5. The number of ether oxygens (including phenoxy) is 1. The highest BCUT2D eigenvalue weighted by Crippen LogP contribution is 2.34. The third-order valence-electron chi connectivity index (χ3n) is 2.67. The van der Waals surface area contributed by atoms with E-state index in [1.54, 1.807) is 24.3 Å². The normalized spacial score (nSPS) is 10.9. The molecule has 0 aliphatic carbocycles. The smallest absolute Gasteiger partial charge is 0.405 e. The average molecular weight is 277 g/mol. The second-order valence-electron chi connectivity index (χ2n) is 4.24. The quantitative estimate of drug-likeness (QED) is 0.813. The van der Waals surface area contributed by atoms with Crippen molar-refractivity contribution in [3.8, 4) is 22.9 Å². The molecule has 0 saturated carbocycles. The van der Waals surface area contributed by atoms with Crippen LogP contribution in [-0.2, 0) is 0 Å². The first-order chi connectivity index (χ1) is 9.39. The highest BCUT2D eigenvalue weighted by Gasteiger charge is 2.32. The molecule has 2 aromatic carbocycles. The van der Waals surface area contributed by atoms with Crippen molar-refractivity contribution in [3.63, 3.8) is 0 Å². The van der Waals surface area contributed by atoms with Gasteiger partial charge in [-0.15, -0.1) is 13.2 Å². The first kappa shape index (κ1) is 13.9. The van der Waals surface area contributed by atoms with Crippen LogP contribution in [0.3, 0.4) is 0 Å². The Hall–Kier alpha value is -2.48. The lowest BCUT2D eigenvalue weighted by Crippen LogP contribution is -2.17. The molecular weight excluding hydrogens is 267 g/mol. The minimum Gasteiger partial charge on any atom is -0.405 e. The van der Waals surface area contributed by atoms with Crippen LogP contribution in [0, 0.1) is 18.3 Å². The van der Waals surface area contributed by atoms with E-state index in [4.69, 9.17) is 5.26 Å². The molecule has 2 nitrogen and oxygen atoms in total. The summed E-state index contributed by atoms with van der Waals surface area (Å²) in [6, 6.07) is 12.8. The van der Waals surface area contributed by atoms with Gasteiger partial charge >= 0.3 is 6.36 Å². The minimum absolute atomic E-state index is 0.112. The number of rotatable bonds is 2. The molecule has 0 N–H and O–H groups in total. The van der Waals surface area contributed by atoms with Crippen molar-refractivity contribution >= 4 is 0 Å². The Morgan fingerprint density at radius 3 is 2.45 bits per heavy atom. The summed E-state index contributed by atoms with van der Waals surface area (Å²) < 4.78 is 41.4. The molecule has 0 radical (unpaired) electrons. The fourth-order valence-corrected chi connectivity index (χ4v) is 1.85. The molecule has 102 valence electrons. The van der Waals surface area contributed by atoms with Crippen molar-refractivity contribution in [1.29, 1.82) is 5.26 Å². The topological polar surface area (TPSA) is 33.0 Å². The number of nitriles is 1. The third-order valence-corrected chi connectivity index (χ3v) is 2.67. The van der Waals surface area contributed by atoms with Gasteiger partial charge in [0.1, 0.15) is 5.75 Å². The van der Waals surface area contributed by atoms with E-state index < -0.39 is 6.36 Å². The van der Waals surface area contributed by atoms with Gasteiger partial charge in [0, 0.05) is 5.56 Å². The standard InChI is InChI=1S/C15H10F3NO/c1-10-3-2-4-12(7-10)13-6-5-11(9-19)8-14(13)20-15(16,17)18/h2-8H,1H3. The van der Waals surface area contributed by atoms with Gasteiger partial charge in [0.05, 0.1) is 11.6 Å². The van der Waals surface area contributed by atoms with E-state index in [9.17, 15) is 13.2 Å². The maximum atomic E-state index is 12.4. The molecule has 0 spiro atoms. The molecular formula is C15H10F3NO. The van der Waals surface area contributed by atoms with Crippen LogP contribution in [-0.4, -0.2) is 6.36 Å². The molecule has 0 atom stereocenters. The molecule has 0 amide bonds. The molecule has 0 aliphatic rings. The predicted molar refractivity (Wildman–Crippen MR) is 68.0 cm³/mol. The molecule has 2 rings (SSSR count). The molecule has 0 heterocycles. The zero-order valence-electron chi connectivity index (χ0n) is 10.5. The lowest BCUT2D eigenvalue weighted by molar-refractivity contribution is -0.274. The van der Waals surface area contributed by atoms with E-state index in [2.05, 4.69) is 4.74 Å². The summed E-state index contributed by atoms with van der Waals surface area (Å²) in [5, 5.41) is 8.78. The van der Waals surface area contributed by atoms with Crippen molar-refractivity contribution in [1.82, 2.24) is 0 Å². The summed E-state index contributed by atoms with van der Waals surface area (Å²) in [5.41, 5.74) is 1.93. The summed E-state index contributed by atoms with van der Waals surface area (Å²) in [6.07, 6.45) is -4.80. The number of hydrogen-bond donors (Lipinski definition) is 0. The van der Waals surface area contributed by atoms with Crippen molar-refractivity contribution in [3.05, 3.63) is 53.6 Å². The van der Waals surface area contributed by atoms with Crippen LogP contribution in [0.25, 0.3) is 11.1 Å². The highest BCUT2D eigenvalue weighted by molar-refractivity contribution is 5.72. The Morgan fingerprint density at radius 1 is 1.10 bits per heavy atom. The fourth-order valence-electron chi connectivity index (χ4n) is 1.85. The monoisotopic (exact) mass is 277 g/mol. The second kappa shape index (κ2) is 5.25. The summed E-state index contributed by atoms with van der Waals surface area (Å²) in [4.78, 5) is 0. The molecule has 0 aromatic heterocycles. The number of aryl methyl sites for hydroxylation is 1. The number of hydrogen-bond acceptors (Lipinski definition) is 2. The summed E-state index contributed by atoms with van der Waals surface area (Å²) >= 11 is 0. The van der Waals surface area contributed by atoms with E-state index in [0.29, 0.717) is 11.1 Å². The Labute approximate surface area is 114 Å². The minimum atomic E-state index is -4.80. The Kier molecular flexibility index (Phi) is 3.66. The predicted octanol–water partition coefficient (Wildman–Crippen LogP) is 4.43. The van der Waals surface area contributed by atoms with Gasteiger partial charge in [-0.1, -0.05) is 29.8 Å². The van der Waals surface area contributed by atoms with E-state index >= 15 is 0 Å². The SMILES string of the molecule is Cc1cccc(-c2ccc(C#N)cc2OC(F)(F)F)c1. The number of halogens is 3. The first-order valence-corrected chi connectivity index (χ1v) is 5.76. The molecule has 2 aromatic rings. The first-order valence-electron chi connectivity index (χ1n) is 5.76. The van der Waals surface area contributed by atoms with E-state index in [0.717, 1.165) is 11.6 Å². The van der Waals surface area contributed by atoms with Gasteiger partial charge in [0.25, 0.3) is 0 Å². The number of alkyl halides is 3. The van der Waals surface area contributed by atoms with E-state index in [1.807, 2.05) is 13.0 Å². The molecule has 5 heteroatoms. The van der Waals surface area contributed by atoms with Crippen LogP contribution in [0.5, 0.6) is 5.75 Å². The molecule has 0 saturated heterocycles. The van der Waals surface area contributed by atoms with Crippen molar-refractivity contribution < 1.29 is 17.9 Å². The van der Waals surface area contributed by atoms with Gasteiger partial charge < -0.3 is 4.74 Å². The van der Waals surface area contributed by atoms with E-state index in [-0.39, 0.29) is 11.3 Å². The fraction of sp³-hybridized carbons (Fsp3) is 0.133. The van der Waals surface area contributed by atoms with Crippen LogP contribution >= 0.6 is 0 Å². The average Bonchev–Trinajstić information content (AvgIpc) is 2.36. The lowest BCUT2D eigenvalue weighted by Gasteiger charge is -2.14. The summed E-state index contributed by atoms with van der Waals surface area (Å²) in [7, 11) is 0. The highest BCUT2D eigenvalue weighted by atomic mass is 19.4. The van der Waals surface area contributed by atoms with Crippen molar-refractivity contribution in [2.24, 2.45) is 0 Å². The number of nitrogens with zero attached hydrogens (tertiary/aromatic N) is 1. The van der Waals surface area contributed by atoms with Gasteiger partial charge in [-0.2, -0.15) is 5.26 Å². The van der Waals surface area contributed by atoms with Crippen LogP contribution < -0.4 is 4.74 Å². The van der Waals surface area contributed by atoms with Gasteiger partial charge in [-0.25, -0.2) is 0 Å². The summed E-state index contributed by atoms with van der Waals surface area (Å²) in [6.45, 7) is 1.84. The largest absolute Gasteiger partial charge is 0.573 e. The van der Waals surface area contributed by atoms with E-state index in [1.165, 1.54) is 12.1 Å². The maximum Gasteiger partial charge on any atom is 0.573 e. The van der Waals surface area contributed by atoms with Crippen LogP contribution in [0.1, 0.15) is 11.1 Å². The third kappa shape index (κ3) is 3.29. The molecule has 0 bridgehead atoms. The van der Waals surface area contributed by atoms with Crippen molar-refractivity contribution in [2.75, 3.05) is 0 Å². The maximum absolute atomic E-state index is 12.4. The molecule has 0 fully saturated rings. The lowest BCUT2D eigenvalue weighted by atomic mass is 10.0. The Bertz CT molecular complexity index is 672. The Balaban J connectivity index is 2.55. The van der Waals surface area contributed by atoms with Crippen molar-refractivity contribution in [2.45, 2.75) is 13.3 Å².